The number of methoxy groups -OCH3 is 3. The largest absolute Gasteiger partial charge is 0.497 e. The number of ether oxygens (including phenoxy) is 3. The fraction of sp³-hybridized carbons (Fsp3) is 0.286. The molecule has 0 unspecified atom stereocenters. The summed E-state index contributed by atoms with van der Waals surface area (Å²) in [5.41, 5.74) is 3.87. The minimum Gasteiger partial charge on any atom is -0.497 e. The number of hydrogen-bond acceptors (Lipinski definition) is 4. The number of amides is 1. The van der Waals surface area contributed by atoms with E-state index in [4.69, 9.17) is 14.2 Å². The first-order valence-electron chi connectivity index (χ1n) is 8.83. The van der Waals surface area contributed by atoms with Gasteiger partial charge in [-0.25, -0.2) is 0 Å². The number of H-pyrrole nitrogens is 1. The monoisotopic (exact) mass is 366 g/mol. The van der Waals surface area contributed by atoms with Crippen molar-refractivity contribution in [2.75, 3.05) is 27.9 Å². The first kappa shape index (κ1) is 17.3. The molecule has 0 saturated carbocycles. The Hall–Kier alpha value is -3.15. The molecule has 0 spiro atoms. The predicted octanol–water partition coefficient (Wildman–Crippen LogP) is 3.39. The van der Waals surface area contributed by atoms with Crippen molar-refractivity contribution in [2.45, 2.75) is 13.0 Å². The molecule has 27 heavy (non-hydrogen) atoms. The molecule has 0 atom stereocenters. The summed E-state index contributed by atoms with van der Waals surface area (Å²) in [6, 6.07) is 11.2. The number of benzene rings is 2. The van der Waals surface area contributed by atoms with E-state index in [9.17, 15) is 4.79 Å². The molecule has 1 N–H and O–H groups in total. The second-order valence-electron chi connectivity index (χ2n) is 6.54. The van der Waals surface area contributed by atoms with E-state index in [1.54, 1.807) is 39.5 Å². The highest BCUT2D eigenvalue weighted by Crippen LogP contribution is 2.33. The molecule has 6 nitrogen and oxygen atoms in total. The third-order valence-corrected chi connectivity index (χ3v) is 5.08. The van der Waals surface area contributed by atoms with E-state index in [2.05, 4.69) is 11.1 Å². The molecule has 2 aromatic carbocycles. The van der Waals surface area contributed by atoms with Gasteiger partial charge in [-0.05, 0) is 18.2 Å². The fourth-order valence-corrected chi connectivity index (χ4v) is 3.67. The van der Waals surface area contributed by atoms with Crippen LogP contribution in [0, 0.1) is 0 Å². The number of carbonyl (C=O) groups excluding carboxylic acids is 1. The van der Waals surface area contributed by atoms with Crippen molar-refractivity contribution >= 4 is 16.8 Å². The van der Waals surface area contributed by atoms with Gasteiger partial charge in [0.05, 0.1) is 26.8 Å². The van der Waals surface area contributed by atoms with Gasteiger partial charge in [0.15, 0.2) is 0 Å². The highest BCUT2D eigenvalue weighted by Gasteiger charge is 2.26. The highest BCUT2D eigenvalue weighted by molar-refractivity contribution is 5.96. The van der Waals surface area contributed by atoms with E-state index < -0.39 is 0 Å². The van der Waals surface area contributed by atoms with Crippen molar-refractivity contribution in [1.29, 1.82) is 0 Å². The van der Waals surface area contributed by atoms with Crippen LogP contribution in [0.4, 0.5) is 0 Å². The van der Waals surface area contributed by atoms with Crippen molar-refractivity contribution in [3.05, 3.63) is 53.2 Å². The molecule has 1 aliphatic rings. The van der Waals surface area contributed by atoms with Gasteiger partial charge in [0.25, 0.3) is 5.91 Å². The molecule has 140 valence electrons. The van der Waals surface area contributed by atoms with Gasteiger partial charge in [0.2, 0.25) is 0 Å². The number of aromatic nitrogens is 1. The summed E-state index contributed by atoms with van der Waals surface area (Å²) in [5, 5.41) is 1.10. The second kappa shape index (κ2) is 6.87. The van der Waals surface area contributed by atoms with Crippen LogP contribution in [0.3, 0.4) is 0 Å². The number of nitrogens with one attached hydrogen (secondary N) is 1. The minimum absolute atomic E-state index is 0.0323. The summed E-state index contributed by atoms with van der Waals surface area (Å²) in [6.07, 6.45) is 0.778. The molecule has 0 saturated heterocycles. The van der Waals surface area contributed by atoms with Gasteiger partial charge < -0.3 is 24.1 Å². The predicted molar refractivity (Wildman–Crippen MR) is 103 cm³/mol. The van der Waals surface area contributed by atoms with Crippen LogP contribution < -0.4 is 14.2 Å². The number of aromatic amines is 1. The molecule has 0 bridgehead atoms. The normalized spacial score (nSPS) is 13.4. The van der Waals surface area contributed by atoms with E-state index in [1.165, 1.54) is 5.69 Å². The molecular weight excluding hydrogens is 344 g/mol. The van der Waals surface area contributed by atoms with Crippen LogP contribution in [0.25, 0.3) is 10.9 Å². The number of hydrogen-bond donors (Lipinski definition) is 1. The summed E-state index contributed by atoms with van der Waals surface area (Å²) in [6.45, 7) is 1.21. The van der Waals surface area contributed by atoms with E-state index >= 15 is 0 Å². The molecule has 1 amide bonds. The molecule has 0 aliphatic carbocycles. The SMILES string of the molecule is COc1cc(OC)cc(C(=O)N2CCc3[nH]c4c(OC)cccc4c3C2)c1. The lowest BCUT2D eigenvalue weighted by atomic mass is 10.0. The number of para-hydroxylation sites is 1. The molecule has 0 fully saturated rings. The highest BCUT2D eigenvalue weighted by atomic mass is 16.5. The lowest BCUT2D eigenvalue weighted by Gasteiger charge is -2.27. The van der Waals surface area contributed by atoms with Crippen LogP contribution in [-0.4, -0.2) is 43.7 Å². The molecule has 0 radical (unpaired) electrons. The average molecular weight is 366 g/mol. The smallest absolute Gasteiger partial charge is 0.254 e. The Balaban J connectivity index is 1.67. The van der Waals surface area contributed by atoms with Crippen LogP contribution in [0.5, 0.6) is 17.2 Å². The van der Waals surface area contributed by atoms with Crippen LogP contribution >= 0.6 is 0 Å². The van der Waals surface area contributed by atoms with Crippen molar-refractivity contribution in [1.82, 2.24) is 9.88 Å². The fourth-order valence-electron chi connectivity index (χ4n) is 3.67. The lowest BCUT2D eigenvalue weighted by molar-refractivity contribution is 0.0734. The lowest BCUT2D eigenvalue weighted by Crippen LogP contribution is -2.35. The Morgan fingerprint density at radius 1 is 1.04 bits per heavy atom. The Morgan fingerprint density at radius 2 is 1.78 bits per heavy atom. The molecule has 6 heteroatoms. The molecule has 3 aromatic rings. The number of carbonyl (C=O) groups is 1. The third-order valence-electron chi connectivity index (χ3n) is 5.08. The van der Waals surface area contributed by atoms with Crippen LogP contribution in [0.1, 0.15) is 21.6 Å². The van der Waals surface area contributed by atoms with Crippen LogP contribution in [0.15, 0.2) is 36.4 Å². The maximum Gasteiger partial charge on any atom is 0.254 e. The quantitative estimate of drug-likeness (QED) is 0.769. The summed E-state index contributed by atoms with van der Waals surface area (Å²) in [5.74, 6) is 1.99. The second-order valence-corrected chi connectivity index (χ2v) is 6.54. The zero-order valence-corrected chi connectivity index (χ0v) is 15.7. The molecule has 4 rings (SSSR count). The first-order chi connectivity index (χ1) is 13.1. The number of fused-ring (bicyclic) bond motifs is 3. The number of nitrogens with zero attached hydrogens (tertiary/aromatic N) is 1. The molecule has 1 aliphatic heterocycles. The topological polar surface area (TPSA) is 63.8 Å². The molecule has 1 aromatic heterocycles. The van der Waals surface area contributed by atoms with E-state index in [1.807, 2.05) is 17.0 Å². The Labute approximate surface area is 157 Å². The standard InChI is InChI=1S/C21H22N2O4/c1-25-14-9-13(10-15(11-14)26-2)21(24)23-8-7-18-17(12-23)16-5-4-6-19(27-3)20(16)22-18/h4-6,9-11,22H,7-8,12H2,1-3H3. The molecule has 2 heterocycles. The van der Waals surface area contributed by atoms with Gasteiger partial charge in [0.1, 0.15) is 17.2 Å². The van der Waals surface area contributed by atoms with Gasteiger partial charge in [-0.1, -0.05) is 12.1 Å². The van der Waals surface area contributed by atoms with Gasteiger partial charge >= 0.3 is 0 Å². The van der Waals surface area contributed by atoms with E-state index in [-0.39, 0.29) is 5.91 Å². The van der Waals surface area contributed by atoms with Gasteiger partial charge in [-0.15, -0.1) is 0 Å². The average Bonchev–Trinajstić information content (AvgIpc) is 3.10. The van der Waals surface area contributed by atoms with Crippen molar-refractivity contribution in [3.63, 3.8) is 0 Å². The van der Waals surface area contributed by atoms with Crippen LogP contribution in [0.2, 0.25) is 0 Å². The van der Waals surface area contributed by atoms with Crippen molar-refractivity contribution in [2.24, 2.45) is 0 Å². The zero-order chi connectivity index (χ0) is 19.0. The van der Waals surface area contributed by atoms with Crippen molar-refractivity contribution < 1.29 is 19.0 Å². The summed E-state index contributed by atoms with van der Waals surface area (Å²) in [4.78, 5) is 18.4. The number of rotatable bonds is 4. The van der Waals surface area contributed by atoms with E-state index in [0.717, 1.165) is 28.6 Å². The maximum absolute atomic E-state index is 13.1. The Kier molecular flexibility index (Phi) is 4.39. The molecular formula is C21H22N2O4. The van der Waals surface area contributed by atoms with Gasteiger partial charge in [-0.3, -0.25) is 4.79 Å². The summed E-state index contributed by atoms with van der Waals surface area (Å²) >= 11 is 0. The first-order valence-corrected chi connectivity index (χ1v) is 8.83. The summed E-state index contributed by atoms with van der Waals surface area (Å²) < 4.78 is 16.0. The third kappa shape index (κ3) is 2.97. The van der Waals surface area contributed by atoms with Gasteiger partial charge in [0, 0.05) is 47.8 Å². The summed E-state index contributed by atoms with van der Waals surface area (Å²) in [7, 11) is 4.83. The maximum atomic E-state index is 13.1. The zero-order valence-electron chi connectivity index (χ0n) is 15.7. The van der Waals surface area contributed by atoms with Crippen LogP contribution in [-0.2, 0) is 13.0 Å². The Bertz CT molecular complexity index is 987. The van der Waals surface area contributed by atoms with E-state index in [0.29, 0.717) is 30.2 Å². The van der Waals surface area contributed by atoms with Gasteiger partial charge in [-0.2, -0.15) is 0 Å². The van der Waals surface area contributed by atoms with Crippen molar-refractivity contribution in [3.8, 4) is 17.2 Å². The Morgan fingerprint density at radius 3 is 2.44 bits per heavy atom. The minimum atomic E-state index is -0.0323.